The van der Waals surface area contributed by atoms with Crippen LogP contribution in [0.3, 0.4) is 0 Å². The molecule has 0 unspecified atom stereocenters. The summed E-state index contributed by atoms with van der Waals surface area (Å²) in [7, 11) is 1.39. The van der Waals surface area contributed by atoms with Crippen molar-refractivity contribution in [1.82, 2.24) is 14.6 Å². The van der Waals surface area contributed by atoms with Gasteiger partial charge in [-0.25, -0.2) is 9.50 Å². The van der Waals surface area contributed by atoms with Gasteiger partial charge in [0.25, 0.3) is 0 Å². The van der Waals surface area contributed by atoms with Gasteiger partial charge in [0.1, 0.15) is 12.4 Å². The van der Waals surface area contributed by atoms with Crippen molar-refractivity contribution < 1.29 is 14.3 Å². The fourth-order valence-electron chi connectivity index (χ4n) is 6.03. The molecule has 8 bridgehead atoms. The third-order valence-corrected chi connectivity index (χ3v) is 8.62. The zero-order valence-electron chi connectivity index (χ0n) is 24.1. The normalized spacial score (nSPS) is 14.9. The van der Waals surface area contributed by atoms with E-state index in [1.54, 1.807) is 0 Å². The largest absolute Gasteiger partial charge is 0.490 e. The van der Waals surface area contributed by atoms with Crippen molar-refractivity contribution in [3.63, 3.8) is 0 Å². The molecule has 3 aromatic carbocycles. The Morgan fingerprint density at radius 1 is 1.02 bits per heavy atom. The molecule has 0 N–H and O–H groups in total. The number of aromatic nitrogens is 3. The predicted octanol–water partition coefficient (Wildman–Crippen LogP) is 7.11. The first-order valence-electron chi connectivity index (χ1n) is 14.5. The van der Waals surface area contributed by atoms with Crippen LogP contribution in [0.2, 0.25) is 5.02 Å². The van der Waals surface area contributed by atoms with E-state index in [1.807, 2.05) is 29.6 Å². The molecule has 0 spiro atoms. The molecule has 7 nitrogen and oxygen atoms in total. The van der Waals surface area contributed by atoms with Crippen molar-refractivity contribution in [3.05, 3.63) is 101 Å². The number of aryl methyl sites for hydroxylation is 2. The lowest BCUT2D eigenvalue weighted by molar-refractivity contribution is -0.139. The van der Waals surface area contributed by atoms with Gasteiger partial charge >= 0.3 is 5.97 Å². The van der Waals surface area contributed by atoms with Crippen LogP contribution in [0.25, 0.3) is 39.3 Å². The van der Waals surface area contributed by atoms with Gasteiger partial charge in [0.15, 0.2) is 5.65 Å². The summed E-state index contributed by atoms with van der Waals surface area (Å²) < 4.78 is 12.9. The Bertz CT molecular complexity index is 1910. The third kappa shape index (κ3) is 5.04. The third-order valence-electron chi connectivity index (χ3n) is 8.24. The molecule has 2 aromatic heterocycles. The monoisotopic (exact) mass is 590 g/mol. The van der Waals surface area contributed by atoms with Crippen LogP contribution in [-0.2, 0) is 22.4 Å². The number of allylic oxidation sites excluding steroid dienone is 1. The number of carbonyl (C=O) groups excluding carboxylic acids is 1. The number of ether oxygens (including phenoxy) is 2. The number of halogens is 1. The minimum absolute atomic E-state index is 0.0397. The standard InChI is InChI=1S/C35H31ClN4O3/c1-22-28(20-32(41)42-2)34-27-13-14-30-35(33(27)36)39(16-17-43-30)15-5-3-4-8-23-9-6-10-24(18-23)25-11-7-12-26(19-25)29-21-31(37-22)40(34)38-29/h3,5-7,9-14,18-19,21H,4,8,15-17,20H2,1-2H3/b5-3+. The zero-order chi connectivity index (χ0) is 29.5. The summed E-state index contributed by atoms with van der Waals surface area (Å²) in [5.74, 6) is 0.383. The van der Waals surface area contributed by atoms with Gasteiger partial charge < -0.3 is 14.4 Å². The first-order chi connectivity index (χ1) is 21.0. The summed E-state index contributed by atoms with van der Waals surface area (Å²) in [4.78, 5) is 19.7. The second kappa shape index (κ2) is 11.2. The molecule has 0 saturated carbocycles. The number of anilines is 1. The summed E-state index contributed by atoms with van der Waals surface area (Å²) in [6.07, 6.45) is 6.38. The van der Waals surface area contributed by atoms with Crippen molar-refractivity contribution >= 4 is 28.9 Å². The molecule has 7 rings (SSSR count). The zero-order valence-corrected chi connectivity index (χ0v) is 24.9. The second-order valence-corrected chi connectivity index (χ2v) is 11.3. The maximum absolute atomic E-state index is 12.6. The number of carbonyl (C=O) groups is 1. The van der Waals surface area contributed by atoms with Gasteiger partial charge in [0, 0.05) is 35.0 Å². The molecule has 2 aliphatic rings. The second-order valence-electron chi connectivity index (χ2n) is 10.9. The minimum Gasteiger partial charge on any atom is -0.490 e. The SMILES string of the molecule is COC(=O)Cc1c(C)nc2cc3nn2c1-c1ccc2c(c1Cl)N(C/C=C/CCc1cccc(c1)-c1cccc-3c1)CCO2. The van der Waals surface area contributed by atoms with E-state index in [-0.39, 0.29) is 12.4 Å². The van der Waals surface area contributed by atoms with Crippen LogP contribution in [-0.4, -0.2) is 47.4 Å². The maximum Gasteiger partial charge on any atom is 0.310 e. The number of methoxy groups -OCH3 is 1. The molecular weight excluding hydrogens is 560 g/mol. The highest BCUT2D eigenvalue weighted by Crippen LogP contribution is 2.45. The van der Waals surface area contributed by atoms with E-state index in [1.165, 1.54) is 18.2 Å². The Hall–Kier alpha value is -4.62. The van der Waals surface area contributed by atoms with Crippen LogP contribution < -0.4 is 9.64 Å². The lowest BCUT2D eigenvalue weighted by Gasteiger charge is -2.32. The van der Waals surface area contributed by atoms with E-state index in [0.29, 0.717) is 30.4 Å². The van der Waals surface area contributed by atoms with Gasteiger partial charge in [-0.15, -0.1) is 0 Å². The first-order valence-corrected chi connectivity index (χ1v) is 14.9. The van der Waals surface area contributed by atoms with Crippen molar-refractivity contribution in [2.45, 2.75) is 26.2 Å². The highest BCUT2D eigenvalue weighted by atomic mass is 35.5. The molecule has 0 radical (unpaired) electrons. The number of fused-ring (bicyclic) bond motifs is 9. The van der Waals surface area contributed by atoms with E-state index in [0.717, 1.165) is 63.6 Å². The van der Waals surface area contributed by atoms with Crippen LogP contribution in [0, 0.1) is 6.92 Å². The van der Waals surface area contributed by atoms with E-state index < -0.39 is 0 Å². The molecule has 0 saturated heterocycles. The molecule has 0 aliphatic carbocycles. The van der Waals surface area contributed by atoms with Gasteiger partial charge in [-0.2, -0.15) is 5.10 Å². The highest BCUT2D eigenvalue weighted by Gasteiger charge is 2.27. The Morgan fingerprint density at radius 2 is 1.84 bits per heavy atom. The van der Waals surface area contributed by atoms with Crippen molar-refractivity contribution in [1.29, 1.82) is 0 Å². The molecule has 8 heteroatoms. The summed E-state index contributed by atoms with van der Waals surface area (Å²) >= 11 is 7.28. The summed E-state index contributed by atoms with van der Waals surface area (Å²) in [6, 6.07) is 23.0. The number of hydrogen-bond acceptors (Lipinski definition) is 6. The van der Waals surface area contributed by atoms with E-state index in [9.17, 15) is 4.79 Å². The number of benzene rings is 3. The van der Waals surface area contributed by atoms with Crippen LogP contribution in [0.4, 0.5) is 5.69 Å². The summed E-state index contributed by atoms with van der Waals surface area (Å²) in [5, 5.41) is 5.62. The number of hydrogen-bond donors (Lipinski definition) is 0. The average molecular weight is 591 g/mol. The molecule has 2 aliphatic heterocycles. The Labute approximate surface area is 255 Å². The smallest absolute Gasteiger partial charge is 0.310 e. The van der Waals surface area contributed by atoms with E-state index in [2.05, 4.69) is 65.6 Å². The minimum atomic E-state index is -0.359. The molecule has 4 heterocycles. The molecule has 5 aromatic rings. The fourth-order valence-corrected chi connectivity index (χ4v) is 6.40. The lowest BCUT2D eigenvalue weighted by atomic mass is 9.98. The van der Waals surface area contributed by atoms with Crippen LogP contribution in [0.5, 0.6) is 5.75 Å². The van der Waals surface area contributed by atoms with E-state index in [4.69, 9.17) is 31.2 Å². The van der Waals surface area contributed by atoms with Gasteiger partial charge in [-0.1, -0.05) is 66.2 Å². The Kier molecular flexibility index (Phi) is 7.11. The average Bonchev–Trinajstić information content (AvgIpc) is 3.45. The van der Waals surface area contributed by atoms with Crippen LogP contribution >= 0.6 is 11.6 Å². The molecule has 0 amide bonds. The van der Waals surface area contributed by atoms with Crippen LogP contribution in [0.1, 0.15) is 23.2 Å². The van der Waals surface area contributed by atoms with E-state index >= 15 is 0 Å². The lowest BCUT2D eigenvalue weighted by Crippen LogP contribution is -2.33. The van der Waals surface area contributed by atoms with Gasteiger partial charge in [-0.05, 0) is 54.7 Å². The number of rotatable bonds is 2. The van der Waals surface area contributed by atoms with Crippen LogP contribution in [0.15, 0.2) is 78.9 Å². The molecular formula is C35H31ClN4O3. The van der Waals surface area contributed by atoms with Crippen molar-refractivity contribution in [2.24, 2.45) is 0 Å². The Balaban J connectivity index is 1.50. The maximum atomic E-state index is 12.6. The number of nitrogens with zero attached hydrogens (tertiary/aromatic N) is 4. The topological polar surface area (TPSA) is 69.0 Å². The predicted molar refractivity (Wildman–Crippen MR) is 170 cm³/mol. The molecule has 216 valence electrons. The fraction of sp³-hybridized carbons (Fsp3) is 0.229. The summed E-state index contributed by atoms with van der Waals surface area (Å²) in [6.45, 7) is 3.91. The Morgan fingerprint density at radius 3 is 2.70 bits per heavy atom. The molecule has 43 heavy (non-hydrogen) atoms. The highest BCUT2D eigenvalue weighted by molar-refractivity contribution is 6.36. The summed E-state index contributed by atoms with van der Waals surface area (Å²) in [5.41, 5.74) is 9.77. The van der Waals surface area contributed by atoms with Crippen molar-refractivity contribution in [3.8, 4) is 39.4 Å². The van der Waals surface area contributed by atoms with Gasteiger partial charge in [-0.3, -0.25) is 4.79 Å². The molecule has 0 fully saturated rings. The van der Waals surface area contributed by atoms with Gasteiger partial charge in [0.05, 0.1) is 42.2 Å². The van der Waals surface area contributed by atoms with Gasteiger partial charge in [0.2, 0.25) is 0 Å². The number of esters is 1. The quantitative estimate of drug-likeness (QED) is 0.161. The first kappa shape index (κ1) is 27.2. The van der Waals surface area contributed by atoms with Crippen molar-refractivity contribution in [2.75, 3.05) is 31.7 Å². The molecule has 0 atom stereocenters.